The monoisotopic (exact) mass is 243 g/mol. The standard InChI is InChI=1S/C14H17N3O/c1-10(6-7-15)17-14(18)13-8-11-4-2-3-5-12(11)9-16-13/h2-5,10,13,16H,6,8-9H2,1H3,(H,17,18)/t10?,13-/m1/s1. The minimum Gasteiger partial charge on any atom is -0.351 e. The van der Waals surface area contributed by atoms with Crippen LogP contribution in [0.5, 0.6) is 0 Å². The van der Waals surface area contributed by atoms with Gasteiger partial charge in [-0.25, -0.2) is 0 Å². The summed E-state index contributed by atoms with van der Waals surface area (Å²) in [7, 11) is 0. The Morgan fingerprint density at radius 3 is 3.00 bits per heavy atom. The highest BCUT2D eigenvalue weighted by Gasteiger charge is 2.24. The summed E-state index contributed by atoms with van der Waals surface area (Å²) in [6.45, 7) is 2.57. The van der Waals surface area contributed by atoms with Crippen LogP contribution >= 0.6 is 0 Å². The highest BCUT2D eigenvalue weighted by atomic mass is 16.2. The topological polar surface area (TPSA) is 64.9 Å². The fourth-order valence-corrected chi connectivity index (χ4v) is 2.17. The van der Waals surface area contributed by atoms with Crippen LogP contribution < -0.4 is 10.6 Å². The van der Waals surface area contributed by atoms with Crippen molar-refractivity contribution in [2.24, 2.45) is 0 Å². The average Bonchev–Trinajstić information content (AvgIpc) is 2.38. The Bertz CT molecular complexity index is 478. The Morgan fingerprint density at radius 1 is 1.56 bits per heavy atom. The van der Waals surface area contributed by atoms with E-state index in [1.165, 1.54) is 11.1 Å². The molecule has 2 rings (SSSR count). The first kappa shape index (κ1) is 12.6. The van der Waals surface area contributed by atoms with E-state index in [-0.39, 0.29) is 18.0 Å². The van der Waals surface area contributed by atoms with Crippen molar-refractivity contribution in [3.05, 3.63) is 35.4 Å². The van der Waals surface area contributed by atoms with E-state index in [4.69, 9.17) is 5.26 Å². The first-order valence-corrected chi connectivity index (χ1v) is 6.18. The molecule has 1 aliphatic rings. The van der Waals surface area contributed by atoms with Crippen LogP contribution in [0.25, 0.3) is 0 Å². The van der Waals surface area contributed by atoms with Gasteiger partial charge in [0.1, 0.15) is 0 Å². The average molecular weight is 243 g/mol. The number of nitrogens with one attached hydrogen (secondary N) is 2. The lowest BCUT2D eigenvalue weighted by Gasteiger charge is -2.26. The van der Waals surface area contributed by atoms with E-state index in [1.54, 1.807) is 0 Å². The smallest absolute Gasteiger partial charge is 0.237 e. The van der Waals surface area contributed by atoms with E-state index >= 15 is 0 Å². The number of nitrogens with zero attached hydrogens (tertiary/aromatic N) is 1. The van der Waals surface area contributed by atoms with Crippen LogP contribution in [0.4, 0.5) is 0 Å². The maximum Gasteiger partial charge on any atom is 0.237 e. The second-order valence-corrected chi connectivity index (χ2v) is 4.68. The van der Waals surface area contributed by atoms with E-state index in [0.717, 1.165) is 6.54 Å². The van der Waals surface area contributed by atoms with Gasteiger partial charge in [-0.15, -0.1) is 0 Å². The Morgan fingerprint density at radius 2 is 2.28 bits per heavy atom. The number of hydrogen-bond donors (Lipinski definition) is 2. The van der Waals surface area contributed by atoms with Gasteiger partial charge in [0.2, 0.25) is 5.91 Å². The lowest BCUT2D eigenvalue weighted by molar-refractivity contribution is -0.123. The molecular formula is C14H17N3O. The molecule has 1 unspecified atom stereocenters. The van der Waals surface area contributed by atoms with Crippen molar-refractivity contribution < 1.29 is 4.79 Å². The minimum absolute atomic E-state index is 0.0211. The highest BCUT2D eigenvalue weighted by Crippen LogP contribution is 2.16. The van der Waals surface area contributed by atoms with Crippen molar-refractivity contribution in [2.45, 2.75) is 38.4 Å². The number of hydrogen-bond acceptors (Lipinski definition) is 3. The van der Waals surface area contributed by atoms with Gasteiger partial charge in [0.25, 0.3) is 0 Å². The zero-order valence-electron chi connectivity index (χ0n) is 10.4. The number of fused-ring (bicyclic) bond motifs is 1. The molecule has 0 saturated heterocycles. The van der Waals surface area contributed by atoms with Crippen LogP contribution in [0.15, 0.2) is 24.3 Å². The molecule has 0 fully saturated rings. The van der Waals surface area contributed by atoms with Gasteiger partial charge in [-0.05, 0) is 24.5 Å². The fraction of sp³-hybridized carbons (Fsp3) is 0.429. The molecule has 94 valence electrons. The van der Waals surface area contributed by atoms with Crippen LogP contribution in [-0.4, -0.2) is 18.0 Å². The number of nitriles is 1. The molecular weight excluding hydrogens is 226 g/mol. The Hall–Kier alpha value is -1.86. The largest absolute Gasteiger partial charge is 0.351 e. The highest BCUT2D eigenvalue weighted by molar-refractivity contribution is 5.82. The Labute approximate surface area is 107 Å². The lowest BCUT2D eigenvalue weighted by atomic mass is 9.95. The van der Waals surface area contributed by atoms with Gasteiger partial charge in [-0.1, -0.05) is 24.3 Å². The normalized spacial score (nSPS) is 19.4. The predicted molar refractivity (Wildman–Crippen MR) is 68.6 cm³/mol. The number of amides is 1. The Balaban J connectivity index is 1.97. The van der Waals surface area contributed by atoms with E-state index in [1.807, 2.05) is 19.1 Å². The molecule has 4 heteroatoms. The van der Waals surface area contributed by atoms with Gasteiger partial charge < -0.3 is 10.6 Å². The fourth-order valence-electron chi connectivity index (χ4n) is 2.17. The summed E-state index contributed by atoms with van der Waals surface area (Å²) in [5.41, 5.74) is 2.48. The zero-order valence-corrected chi connectivity index (χ0v) is 10.4. The molecule has 2 N–H and O–H groups in total. The van der Waals surface area contributed by atoms with Crippen LogP contribution in [0, 0.1) is 11.3 Å². The van der Waals surface area contributed by atoms with Crippen LogP contribution in [0.1, 0.15) is 24.5 Å². The summed E-state index contributed by atoms with van der Waals surface area (Å²) in [6, 6.07) is 9.92. The summed E-state index contributed by atoms with van der Waals surface area (Å²) >= 11 is 0. The van der Waals surface area contributed by atoms with Gasteiger partial charge in [-0.2, -0.15) is 5.26 Å². The molecule has 0 aromatic heterocycles. The van der Waals surface area contributed by atoms with E-state index in [0.29, 0.717) is 12.8 Å². The van der Waals surface area contributed by atoms with Crippen molar-refractivity contribution in [1.29, 1.82) is 5.26 Å². The third-order valence-electron chi connectivity index (χ3n) is 3.18. The Kier molecular flexibility index (Phi) is 3.96. The molecule has 1 heterocycles. The first-order chi connectivity index (χ1) is 8.70. The maximum absolute atomic E-state index is 12.0. The summed E-state index contributed by atoms with van der Waals surface area (Å²) in [6.07, 6.45) is 1.05. The second-order valence-electron chi connectivity index (χ2n) is 4.68. The van der Waals surface area contributed by atoms with Gasteiger partial charge in [0.05, 0.1) is 18.5 Å². The summed E-state index contributed by atoms with van der Waals surface area (Å²) in [5.74, 6) is -0.0211. The number of benzene rings is 1. The van der Waals surface area contributed by atoms with Gasteiger partial charge in [0, 0.05) is 12.6 Å². The van der Waals surface area contributed by atoms with E-state index < -0.39 is 0 Å². The molecule has 4 nitrogen and oxygen atoms in total. The molecule has 1 amide bonds. The third kappa shape index (κ3) is 2.88. The van der Waals surface area contributed by atoms with Crippen LogP contribution in [0.2, 0.25) is 0 Å². The van der Waals surface area contributed by atoms with E-state index in [2.05, 4.69) is 28.8 Å². The zero-order chi connectivity index (χ0) is 13.0. The maximum atomic E-state index is 12.0. The van der Waals surface area contributed by atoms with Crippen molar-refractivity contribution in [1.82, 2.24) is 10.6 Å². The predicted octanol–water partition coefficient (Wildman–Crippen LogP) is 1.12. The van der Waals surface area contributed by atoms with Crippen molar-refractivity contribution in [3.8, 4) is 6.07 Å². The molecule has 0 spiro atoms. The number of rotatable bonds is 3. The van der Waals surface area contributed by atoms with Gasteiger partial charge in [0.15, 0.2) is 0 Å². The summed E-state index contributed by atoms with van der Waals surface area (Å²) < 4.78 is 0. The quantitative estimate of drug-likeness (QED) is 0.836. The molecule has 0 saturated carbocycles. The second kappa shape index (κ2) is 5.65. The van der Waals surface area contributed by atoms with Crippen molar-refractivity contribution >= 4 is 5.91 Å². The van der Waals surface area contributed by atoms with Gasteiger partial charge >= 0.3 is 0 Å². The van der Waals surface area contributed by atoms with Crippen LogP contribution in [-0.2, 0) is 17.8 Å². The lowest BCUT2D eigenvalue weighted by Crippen LogP contribution is -2.49. The van der Waals surface area contributed by atoms with Crippen molar-refractivity contribution in [3.63, 3.8) is 0 Å². The molecule has 2 atom stereocenters. The summed E-state index contributed by atoms with van der Waals surface area (Å²) in [4.78, 5) is 12.0. The molecule has 1 aliphatic heterocycles. The number of carbonyl (C=O) groups excluding carboxylic acids is 1. The minimum atomic E-state index is -0.193. The number of carbonyl (C=O) groups is 1. The summed E-state index contributed by atoms with van der Waals surface area (Å²) in [5, 5.41) is 14.7. The molecule has 1 aromatic carbocycles. The molecule has 0 aliphatic carbocycles. The van der Waals surface area contributed by atoms with Crippen LogP contribution in [0.3, 0.4) is 0 Å². The molecule has 0 bridgehead atoms. The molecule has 18 heavy (non-hydrogen) atoms. The molecule has 1 aromatic rings. The van der Waals surface area contributed by atoms with Crippen molar-refractivity contribution in [2.75, 3.05) is 0 Å². The van der Waals surface area contributed by atoms with E-state index in [9.17, 15) is 4.79 Å². The molecule has 0 radical (unpaired) electrons. The van der Waals surface area contributed by atoms with Gasteiger partial charge in [-0.3, -0.25) is 4.79 Å². The SMILES string of the molecule is CC(CC#N)NC(=O)[C@H]1Cc2ccccc2CN1. The first-order valence-electron chi connectivity index (χ1n) is 6.18. The third-order valence-corrected chi connectivity index (χ3v) is 3.18.